The van der Waals surface area contributed by atoms with Gasteiger partial charge in [-0.2, -0.15) is 13.2 Å². The summed E-state index contributed by atoms with van der Waals surface area (Å²) in [5.74, 6) is 0.323. The third kappa shape index (κ3) is 5.45. The van der Waals surface area contributed by atoms with Crippen molar-refractivity contribution in [3.8, 4) is 5.69 Å². The summed E-state index contributed by atoms with van der Waals surface area (Å²) in [6, 6.07) is 13.1. The highest BCUT2D eigenvalue weighted by Crippen LogP contribution is 2.32. The Labute approximate surface area is 202 Å². The van der Waals surface area contributed by atoms with Crippen LogP contribution in [-0.2, 0) is 11.9 Å². The second-order valence-corrected chi connectivity index (χ2v) is 8.73. The number of hydrogen-bond acceptors (Lipinski definition) is 5. The molecule has 2 heterocycles. The smallest absolute Gasteiger partial charge is 0.416 e. The minimum absolute atomic E-state index is 0.235. The molecule has 2 aromatic heterocycles. The molecule has 1 N–H and O–H groups in total. The number of nitrogens with zero attached hydrogens (tertiary/aromatic N) is 3. The fourth-order valence-electron chi connectivity index (χ4n) is 3.24. The van der Waals surface area contributed by atoms with Crippen LogP contribution in [0.4, 0.5) is 13.2 Å². The van der Waals surface area contributed by atoms with E-state index in [4.69, 9.17) is 16.0 Å². The zero-order chi connectivity index (χ0) is 24.3. The molecule has 0 aliphatic rings. The molecule has 0 aliphatic heterocycles. The van der Waals surface area contributed by atoms with Gasteiger partial charge < -0.3 is 9.73 Å². The van der Waals surface area contributed by atoms with Gasteiger partial charge >= 0.3 is 6.18 Å². The Morgan fingerprint density at radius 2 is 1.97 bits per heavy atom. The van der Waals surface area contributed by atoms with Crippen LogP contribution in [0.3, 0.4) is 0 Å². The molecule has 0 saturated heterocycles. The molecule has 0 saturated carbocycles. The number of rotatable bonds is 7. The van der Waals surface area contributed by atoms with E-state index in [1.54, 1.807) is 47.9 Å². The lowest BCUT2D eigenvalue weighted by molar-refractivity contribution is -0.137. The van der Waals surface area contributed by atoms with E-state index in [1.807, 2.05) is 0 Å². The Kier molecular flexibility index (Phi) is 6.99. The molecule has 0 fully saturated rings. The van der Waals surface area contributed by atoms with Gasteiger partial charge in [-0.05, 0) is 42.8 Å². The number of thioether (sulfide) groups is 1. The van der Waals surface area contributed by atoms with Gasteiger partial charge in [-0.25, -0.2) is 0 Å². The lowest BCUT2D eigenvalue weighted by Crippen LogP contribution is -2.28. The van der Waals surface area contributed by atoms with E-state index in [9.17, 15) is 18.0 Å². The van der Waals surface area contributed by atoms with Crippen LogP contribution in [0, 0.1) is 0 Å². The molecular formula is C23H18ClF3N4O2S. The summed E-state index contributed by atoms with van der Waals surface area (Å²) >= 11 is 7.41. The van der Waals surface area contributed by atoms with Crippen molar-refractivity contribution in [2.45, 2.75) is 30.1 Å². The predicted molar refractivity (Wildman–Crippen MR) is 122 cm³/mol. The number of hydrogen-bond donors (Lipinski definition) is 1. The number of furan rings is 1. The molecule has 4 aromatic rings. The van der Waals surface area contributed by atoms with Crippen molar-refractivity contribution in [1.82, 2.24) is 20.1 Å². The number of nitrogens with one attached hydrogen (secondary N) is 1. The average Bonchev–Trinajstić information content (AvgIpc) is 3.48. The van der Waals surface area contributed by atoms with E-state index in [2.05, 4.69) is 15.5 Å². The molecule has 1 amide bonds. The minimum Gasteiger partial charge on any atom is -0.472 e. The van der Waals surface area contributed by atoms with Crippen LogP contribution >= 0.6 is 23.4 Å². The average molecular weight is 507 g/mol. The van der Waals surface area contributed by atoms with Gasteiger partial charge in [0.2, 0.25) is 0 Å². The zero-order valence-corrected chi connectivity index (χ0v) is 19.3. The van der Waals surface area contributed by atoms with Crippen molar-refractivity contribution in [3.05, 3.63) is 94.7 Å². The van der Waals surface area contributed by atoms with Gasteiger partial charge in [0.05, 0.1) is 29.1 Å². The van der Waals surface area contributed by atoms with Crippen LogP contribution in [0.2, 0.25) is 5.02 Å². The van der Waals surface area contributed by atoms with Crippen LogP contribution in [0.5, 0.6) is 0 Å². The van der Waals surface area contributed by atoms with E-state index < -0.39 is 17.8 Å². The first-order valence-electron chi connectivity index (χ1n) is 10.1. The van der Waals surface area contributed by atoms with Crippen molar-refractivity contribution in [1.29, 1.82) is 0 Å². The topological polar surface area (TPSA) is 73.0 Å². The first-order chi connectivity index (χ1) is 16.2. The maximum Gasteiger partial charge on any atom is 0.416 e. The monoisotopic (exact) mass is 506 g/mol. The first-order valence-corrected chi connectivity index (χ1v) is 11.4. The molecule has 0 bridgehead atoms. The number of amides is 1. The molecule has 2 aromatic carbocycles. The molecule has 34 heavy (non-hydrogen) atoms. The third-order valence-corrected chi connectivity index (χ3v) is 6.10. The van der Waals surface area contributed by atoms with Gasteiger partial charge in [-0.3, -0.25) is 9.36 Å². The summed E-state index contributed by atoms with van der Waals surface area (Å²) in [5.41, 5.74) is 0.796. The van der Waals surface area contributed by atoms with E-state index in [0.717, 1.165) is 12.1 Å². The number of carbonyl (C=O) groups excluding carboxylic acids is 1. The van der Waals surface area contributed by atoms with E-state index >= 15 is 0 Å². The number of benzene rings is 2. The maximum absolute atomic E-state index is 13.1. The Morgan fingerprint density at radius 1 is 1.18 bits per heavy atom. The fourth-order valence-corrected chi connectivity index (χ4v) is 4.32. The zero-order valence-electron chi connectivity index (χ0n) is 17.7. The van der Waals surface area contributed by atoms with Crippen molar-refractivity contribution >= 4 is 29.3 Å². The fraction of sp³-hybridized carbons (Fsp3) is 0.174. The molecular weight excluding hydrogens is 489 g/mol. The molecule has 11 heteroatoms. The summed E-state index contributed by atoms with van der Waals surface area (Å²) in [6.07, 6.45) is -1.69. The van der Waals surface area contributed by atoms with Crippen LogP contribution in [0.1, 0.15) is 40.3 Å². The lowest BCUT2D eigenvalue weighted by atomic mass is 10.1. The highest BCUT2D eigenvalue weighted by Gasteiger charge is 2.30. The molecule has 0 aliphatic carbocycles. The van der Waals surface area contributed by atoms with Crippen LogP contribution in [-0.4, -0.2) is 20.7 Å². The van der Waals surface area contributed by atoms with E-state index in [-0.39, 0.29) is 11.7 Å². The van der Waals surface area contributed by atoms with Crippen LogP contribution in [0.25, 0.3) is 5.69 Å². The molecule has 0 unspecified atom stereocenters. The summed E-state index contributed by atoms with van der Waals surface area (Å²) in [7, 11) is 0. The van der Waals surface area contributed by atoms with Crippen molar-refractivity contribution in [2.75, 3.05) is 0 Å². The van der Waals surface area contributed by atoms with Gasteiger partial charge in [-0.1, -0.05) is 47.6 Å². The Morgan fingerprint density at radius 3 is 2.68 bits per heavy atom. The number of alkyl halides is 3. The van der Waals surface area contributed by atoms with Gasteiger partial charge in [-0.15, -0.1) is 10.2 Å². The SMILES string of the molecule is C[C@@H](NC(=O)c1ccoc1)c1nnc(SCc2cccc(C(F)(F)F)c2)n1-c1cccc(Cl)c1. The predicted octanol–water partition coefficient (Wildman–Crippen LogP) is 6.32. The van der Waals surface area contributed by atoms with Crippen molar-refractivity contribution < 1.29 is 22.4 Å². The van der Waals surface area contributed by atoms with E-state index in [1.165, 1.54) is 30.4 Å². The molecule has 0 spiro atoms. The summed E-state index contributed by atoms with van der Waals surface area (Å²) in [6.45, 7) is 1.75. The van der Waals surface area contributed by atoms with Crippen molar-refractivity contribution in [2.24, 2.45) is 0 Å². The second-order valence-electron chi connectivity index (χ2n) is 7.35. The summed E-state index contributed by atoms with van der Waals surface area (Å²) in [5, 5.41) is 12.3. The van der Waals surface area contributed by atoms with Gasteiger partial charge in [0.15, 0.2) is 11.0 Å². The third-order valence-electron chi connectivity index (χ3n) is 4.87. The number of halogens is 4. The lowest BCUT2D eigenvalue weighted by Gasteiger charge is -2.16. The van der Waals surface area contributed by atoms with Gasteiger partial charge in [0.25, 0.3) is 5.91 Å². The molecule has 4 rings (SSSR count). The highest BCUT2D eigenvalue weighted by molar-refractivity contribution is 7.98. The Balaban J connectivity index is 1.63. The highest BCUT2D eigenvalue weighted by atomic mass is 35.5. The summed E-state index contributed by atoms with van der Waals surface area (Å²) in [4.78, 5) is 12.5. The molecule has 176 valence electrons. The van der Waals surface area contributed by atoms with Crippen molar-refractivity contribution in [3.63, 3.8) is 0 Å². The largest absolute Gasteiger partial charge is 0.472 e. The van der Waals surface area contributed by atoms with E-state index in [0.29, 0.717) is 32.8 Å². The minimum atomic E-state index is -4.42. The molecule has 6 nitrogen and oxygen atoms in total. The molecule has 1 atom stereocenters. The maximum atomic E-state index is 13.1. The summed E-state index contributed by atoms with van der Waals surface area (Å²) < 4.78 is 45.9. The normalized spacial score (nSPS) is 12.5. The van der Waals surface area contributed by atoms with Crippen LogP contribution in [0.15, 0.2) is 76.7 Å². The Hall–Kier alpha value is -3.24. The standard InChI is InChI=1S/C23H18ClF3N4O2S/c1-14(28-21(32)16-8-9-33-12-16)20-29-30-22(31(20)19-7-3-6-18(24)11-19)34-13-15-4-2-5-17(10-15)23(25,26)27/h2-12,14H,13H2,1H3,(H,28,32)/t14-/m1/s1. The molecule has 0 radical (unpaired) electrons. The number of aromatic nitrogens is 3. The number of carbonyl (C=O) groups is 1. The second kappa shape index (κ2) is 9.94. The quantitative estimate of drug-likeness (QED) is 0.297. The van der Waals surface area contributed by atoms with Gasteiger partial charge in [0.1, 0.15) is 6.26 Å². The Bertz CT molecular complexity index is 1290. The first kappa shape index (κ1) is 23.9. The van der Waals surface area contributed by atoms with Gasteiger partial charge in [0, 0.05) is 10.8 Å². The van der Waals surface area contributed by atoms with Crippen LogP contribution < -0.4 is 5.32 Å².